The largest absolute Gasteiger partial charge is 0.323 e. The van der Waals surface area contributed by atoms with E-state index in [1.165, 1.54) is 36.1 Å². The van der Waals surface area contributed by atoms with Gasteiger partial charge in [0.1, 0.15) is 0 Å². The van der Waals surface area contributed by atoms with Gasteiger partial charge in [0.15, 0.2) is 5.82 Å². The van der Waals surface area contributed by atoms with E-state index in [-0.39, 0.29) is 5.91 Å². The lowest BCUT2D eigenvalue weighted by Crippen LogP contribution is -2.16. The molecule has 0 aliphatic heterocycles. The fourth-order valence-corrected chi connectivity index (χ4v) is 4.20. The first-order chi connectivity index (χ1) is 11.1. The Labute approximate surface area is 143 Å². The van der Waals surface area contributed by atoms with E-state index in [4.69, 9.17) is 0 Å². The van der Waals surface area contributed by atoms with Gasteiger partial charge in [-0.25, -0.2) is 4.68 Å². The molecule has 0 radical (unpaired) electrons. The number of hydrogen-bond donors (Lipinski definition) is 1. The summed E-state index contributed by atoms with van der Waals surface area (Å²) < 4.78 is 6.18. The van der Waals surface area contributed by atoms with Crippen molar-refractivity contribution >= 4 is 34.9 Å². The fraction of sp³-hybridized carbons (Fsp3) is 0.643. The van der Waals surface area contributed by atoms with Gasteiger partial charge in [-0.05, 0) is 48.6 Å². The van der Waals surface area contributed by atoms with Gasteiger partial charge in [0.2, 0.25) is 5.91 Å². The molecule has 9 heteroatoms. The maximum atomic E-state index is 12.1. The highest BCUT2D eigenvalue weighted by molar-refractivity contribution is 7.99. The minimum Gasteiger partial charge on any atom is -0.323 e. The molecule has 7 nitrogen and oxygen atoms in total. The molecule has 124 valence electrons. The van der Waals surface area contributed by atoms with Crippen LogP contribution in [0, 0.1) is 13.8 Å². The van der Waals surface area contributed by atoms with Crippen molar-refractivity contribution in [1.29, 1.82) is 0 Å². The lowest BCUT2D eigenvalue weighted by molar-refractivity contribution is -0.113. The Hall–Kier alpha value is -1.48. The molecule has 0 atom stereocenters. The Morgan fingerprint density at radius 3 is 2.87 bits per heavy atom. The molecule has 0 unspecified atom stereocenters. The number of nitrogens with one attached hydrogen (secondary N) is 1. The van der Waals surface area contributed by atoms with Crippen LogP contribution >= 0.6 is 23.3 Å². The molecule has 0 saturated heterocycles. The second-order valence-electron chi connectivity index (χ2n) is 5.72. The van der Waals surface area contributed by atoms with Crippen molar-refractivity contribution in [1.82, 2.24) is 24.6 Å². The van der Waals surface area contributed by atoms with Crippen molar-refractivity contribution < 1.29 is 4.79 Å². The van der Waals surface area contributed by atoms with Gasteiger partial charge in [-0.15, -0.1) is 16.9 Å². The second-order valence-corrected chi connectivity index (χ2v) is 7.68. The summed E-state index contributed by atoms with van der Waals surface area (Å²) in [5.74, 6) is 1.88. The van der Waals surface area contributed by atoms with Crippen molar-refractivity contribution in [3.8, 4) is 0 Å². The molecule has 1 aliphatic carbocycles. The first-order valence-corrected chi connectivity index (χ1v) is 9.65. The zero-order valence-electron chi connectivity index (χ0n) is 13.3. The minimum absolute atomic E-state index is 0.0127. The molecule has 23 heavy (non-hydrogen) atoms. The van der Waals surface area contributed by atoms with Gasteiger partial charge in [-0.2, -0.15) is 4.37 Å². The van der Waals surface area contributed by atoms with Gasteiger partial charge < -0.3 is 5.32 Å². The van der Waals surface area contributed by atoms with Gasteiger partial charge in [0.25, 0.3) is 0 Å². The average Bonchev–Trinajstić information content (AvgIpc) is 3.25. The molecule has 2 heterocycles. The average molecular weight is 352 g/mol. The molecule has 1 fully saturated rings. The summed E-state index contributed by atoms with van der Waals surface area (Å²) in [6.45, 7) is 3.87. The number of thioether (sulfide) groups is 1. The van der Waals surface area contributed by atoms with Gasteiger partial charge in [-0.3, -0.25) is 4.79 Å². The standard InChI is InChI=1S/C14H20N6OS2/c1-9-14(10(2)23-17-9)15-13(21)8-22-7-12-16-18-19-20(12)11-5-3-4-6-11/h11H,3-8H2,1-2H3,(H,15,21). The first kappa shape index (κ1) is 16.4. The van der Waals surface area contributed by atoms with E-state index in [1.807, 2.05) is 18.5 Å². The highest BCUT2D eigenvalue weighted by Gasteiger charge is 2.21. The third-order valence-electron chi connectivity index (χ3n) is 3.99. The van der Waals surface area contributed by atoms with Crippen LogP contribution in [0.25, 0.3) is 0 Å². The Bertz CT molecular complexity index is 657. The van der Waals surface area contributed by atoms with Crippen LogP contribution in [0.5, 0.6) is 0 Å². The maximum Gasteiger partial charge on any atom is 0.234 e. The summed E-state index contributed by atoms with van der Waals surface area (Å²) in [4.78, 5) is 13.1. The third-order valence-corrected chi connectivity index (χ3v) is 5.77. The van der Waals surface area contributed by atoms with Crippen LogP contribution < -0.4 is 5.32 Å². The quantitative estimate of drug-likeness (QED) is 0.860. The zero-order valence-corrected chi connectivity index (χ0v) is 14.9. The van der Waals surface area contributed by atoms with Crippen LogP contribution in [0.15, 0.2) is 0 Å². The van der Waals surface area contributed by atoms with Gasteiger partial charge >= 0.3 is 0 Å². The van der Waals surface area contributed by atoms with Crippen molar-refractivity contribution in [2.75, 3.05) is 11.1 Å². The Morgan fingerprint density at radius 2 is 2.17 bits per heavy atom. The van der Waals surface area contributed by atoms with E-state index in [2.05, 4.69) is 25.2 Å². The second kappa shape index (κ2) is 7.39. The van der Waals surface area contributed by atoms with Gasteiger partial charge in [-0.1, -0.05) is 12.8 Å². The normalized spacial score (nSPS) is 15.2. The van der Waals surface area contributed by atoms with Crippen molar-refractivity contribution in [2.24, 2.45) is 0 Å². The van der Waals surface area contributed by atoms with Crippen LogP contribution in [0.2, 0.25) is 0 Å². The first-order valence-electron chi connectivity index (χ1n) is 7.72. The molecule has 3 rings (SSSR count). The molecule has 0 bridgehead atoms. The van der Waals surface area contributed by atoms with Crippen LogP contribution in [0.3, 0.4) is 0 Å². The lowest BCUT2D eigenvalue weighted by atomic mass is 10.2. The molecule has 1 saturated carbocycles. The number of nitrogens with zero attached hydrogens (tertiary/aromatic N) is 5. The van der Waals surface area contributed by atoms with Crippen LogP contribution in [-0.2, 0) is 10.5 Å². The van der Waals surface area contributed by atoms with Crippen molar-refractivity contribution in [3.05, 3.63) is 16.4 Å². The molecule has 1 N–H and O–H groups in total. The highest BCUT2D eigenvalue weighted by Crippen LogP contribution is 2.30. The molecule has 0 aromatic carbocycles. The van der Waals surface area contributed by atoms with Crippen molar-refractivity contribution in [3.63, 3.8) is 0 Å². The zero-order chi connectivity index (χ0) is 16.2. The van der Waals surface area contributed by atoms with Crippen LogP contribution in [-0.4, -0.2) is 36.2 Å². The van der Waals surface area contributed by atoms with Gasteiger partial charge in [0, 0.05) is 4.88 Å². The molecular formula is C14H20N6OS2. The van der Waals surface area contributed by atoms with E-state index in [0.29, 0.717) is 17.5 Å². The Kier molecular flexibility index (Phi) is 5.27. The summed E-state index contributed by atoms with van der Waals surface area (Å²) in [5.41, 5.74) is 1.72. The number of tetrazole rings is 1. The third kappa shape index (κ3) is 3.89. The van der Waals surface area contributed by atoms with E-state index in [1.54, 1.807) is 0 Å². The molecular weight excluding hydrogens is 332 g/mol. The summed E-state index contributed by atoms with van der Waals surface area (Å²) >= 11 is 2.94. The number of amides is 1. The molecule has 1 aliphatic rings. The highest BCUT2D eigenvalue weighted by atomic mass is 32.2. The predicted molar refractivity (Wildman–Crippen MR) is 91.7 cm³/mol. The topological polar surface area (TPSA) is 85.6 Å². The minimum atomic E-state index is -0.0127. The molecule has 0 spiro atoms. The number of rotatable bonds is 6. The van der Waals surface area contributed by atoms with Crippen molar-refractivity contribution in [2.45, 2.75) is 51.3 Å². The van der Waals surface area contributed by atoms with E-state index in [9.17, 15) is 4.79 Å². The SMILES string of the molecule is Cc1nsc(C)c1NC(=O)CSCc1nnnn1C1CCCC1. The maximum absolute atomic E-state index is 12.1. The number of hydrogen-bond acceptors (Lipinski definition) is 7. The molecule has 2 aromatic heterocycles. The number of carbonyl (C=O) groups excluding carboxylic acids is 1. The Balaban J connectivity index is 1.50. The molecule has 1 amide bonds. The summed E-state index contributed by atoms with van der Waals surface area (Å²) in [6.07, 6.45) is 4.78. The predicted octanol–water partition coefficient (Wildman–Crippen LogP) is 2.73. The molecule has 2 aromatic rings. The van der Waals surface area contributed by atoms with E-state index in [0.717, 1.165) is 34.9 Å². The summed E-state index contributed by atoms with van der Waals surface area (Å²) in [6, 6.07) is 0.427. The summed E-state index contributed by atoms with van der Waals surface area (Å²) in [5, 5.41) is 14.9. The van der Waals surface area contributed by atoms with Gasteiger partial charge in [0.05, 0.1) is 28.9 Å². The van der Waals surface area contributed by atoms with E-state index < -0.39 is 0 Å². The number of aromatic nitrogens is 5. The Morgan fingerprint density at radius 1 is 1.39 bits per heavy atom. The number of carbonyl (C=O) groups is 1. The number of anilines is 1. The fourth-order valence-electron chi connectivity index (χ4n) is 2.81. The smallest absolute Gasteiger partial charge is 0.234 e. The number of aryl methyl sites for hydroxylation is 2. The lowest BCUT2D eigenvalue weighted by Gasteiger charge is -2.11. The van der Waals surface area contributed by atoms with Crippen LogP contribution in [0.1, 0.15) is 48.1 Å². The van der Waals surface area contributed by atoms with Crippen LogP contribution in [0.4, 0.5) is 5.69 Å². The van der Waals surface area contributed by atoms with E-state index >= 15 is 0 Å². The monoisotopic (exact) mass is 352 g/mol. The summed E-state index contributed by atoms with van der Waals surface area (Å²) in [7, 11) is 0.